The number of carboxylic acids is 1. The molecule has 0 radical (unpaired) electrons. The van der Waals surface area contributed by atoms with E-state index in [1.807, 2.05) is 4.90 Å². The van der Waals surface area contributed by atoms with Crippen LogP contribution < -0.4 is 4.90 Å². The lowest BCUT2D eigenvalue weighted by molar-refractivity contribution is 0.0690. The van der Waals surface area contributed by atoms with Crippen LogP contribution in [0.2, 0.25) is 0 Å². The van der Waals surface area contributed by atoms with Gasteiger partial charge in [0.2, 0.25) is 5.95 Å². The summed E-state index contributed by atoms with van der Waals surface area (Å²) in [6, 6.07) is 1.67. The maximum atomic E-state index is 10.9. The first-order chi connectivity index (χ1) is 8.56. The Morgan fingerprint density at radius 3 is 2.72 bits per heavy atom. The molecule has 0 aliphatic carbocycles. The van der Waals surface area contributed by atoms with Crippen LogP contribution in [0.15, 0.2) is 12.3 Å². The normalized spacial score (nSPS) is 10.7. The summed E-state index contributed by atoms with van der Waals surface area (Å²) in [4.78, 5) is 21.2. The second-order valence-corrected chi connectivity index (χ2v) is 4.54. The molecule has 0 unspecified atom stereocenters. The third kappa shape index (κ3) is 3.98. The van der Waals surface area contributed by atoms with Crippen LogP contribution in [0.4, 0.5) is 5.95 Å². The molecule has 0 atom stereocenters. The highest BCUT2D eigenvalue weighted by Crippen LogP contribution is 2.13. The van der Waals surface area contributed by atoms with Crippen molar-refractivity contribution in [1.82, 2.24) is 9.97 Å². The zero-order valence-corrected chi connectivity index (χ0v) is 11.3. The van der Waals surface area contributed by atoms with Crippen LogP contribution in [0.5, 0.6) is 0 Å². The summed E-state index contributed by atoms with van der Waals surface area (Å²) < 4.78 is 0. The van der Waals surface area contributed by atoms with Crippen molar-refractivity contribution < 1.29 is 9.90 Å². The molecule has 0 saturated heterocycles. The molecule has 1 aromatic rings. The smallest absolute Gasteiger partial charge is 0.354 e. The fourth-order valence-electron chi connectivity index (χ4n) is 1.73. The molecule has 5 nitrogen and oxygen atoms in total. The first kappa shape index (κ1) is 14.4. The molecule has 0 bridgehead atoms. The SMILES string of the molecule is CCCCCN(c1nccc(C(=O)O)n1)C(C)C. The summed E-state index contributed by atoms with van der Waals surface area (Å²) in [6.07, 6.45) is 4.88. The number of aromatic nitrogens is 2. The maximum Gasteiger partial charge on any atom is 0.354 e. The van der Waals surface area contributed by atoms with E-state index in [4.69, 9.17) is 5.11 Å². The lowest BCUT2D eigenvalue weighted by atomic mass is 10.2. The summed E-state index contributed by atoms with van der Waals surface area (Å²) >= 11 is 0. The monoisotopic (exact) mass is 251 g/mol. The minimum atomic E-state index is -1.02. The lowest BCUT2D eigenvalue weighted by Crippen LogP contribution is -2.33. The zero-order valence-electron chi connectivity index (χ0n) is 11.3. The van der Waals surface area contributed by atoms with E-state index in [9.17, 15) is 4.79 Å². The Balaban J connectivity index is 2.84. The number of rotatable bonds is 7. The van der Waals surface area contributed by atoms with Crippen LogP contribution >= 0.6 is 0 Å². The Hall–Kier alpha value is -1.65. The van der Waals surface area contributed by atoms with Crippen molar-refractivity contribution in [2.45, 2.75) is 46.1 Å². The number of hydrogen-bond acceptors (Lipinski definition) is 4. The highest BCUT2D eigenvalue weighted by Gasteiger charge is 2.15. The molecule has 0 fully saturated rings. The van der Waals surface area contributed by atoms with Crippen molar-refractivity contribution in [3.8, 4) is 0 Å². The van der Waals surface area contributed by atoms with Crippen LogP contribution in [-0.4, -0.2) is 33.6 Å². The van der Waals surface area contributed by atoms with Gasteiger partial charge in [0.1, 0.15) is 0 Å². The highest BCUT2D eigenvalue weighted by molar-refractivity contribution is 5.85. The van der Waals surface area contributed by atoms with Gasteiger partial charge in [-0.2, -0.15) is 0 Å². The fourth-order valence-corrected chi connectivity index (χ4v) is 1.73. The second kappa shape index (κ2) is 6.93. The van der Waals surface area contributed by atoms with E-state index in [-0.39, 0.29) is 11.7 Å². The number of carbonyl (C=O) groups is 1. The number of carboxylic acid groups (broad SMARTS) is 1. The van der Waals surface area contributed by atoms with Crippen molar-refractivity contribution in [2.75, 3.05) is 11.4 Å². The lowest BCUT2D eigenvalue weighted by Gasteiger charge is -2.26. The van der Waals surface area contributed by atoms with Crippen LogP contribution in [0.3, 0.4) is 0 Å². The van der Waals surface area contributed by atoms with Crippen LogP contribution in [0.25, 0.3) is 0 Å². The molecule has 0 amide bonds. The van der Waals surface area contributed by atoms with Crippen molar-refractivity contribution in [1.29, 1.82) is 0 Å². The van der Waals surface area contributed by atoms with E-state index < -0.39 is 5.97 Å². The average Bonchev–Trinajstić information content (AvgIpc) is 2.34. The second-order valence-electron chi connectivity index (χ2n) is 4.54. The Bertz CT molecular complexity index is 394. The minimum absolute atomic E-state index is 0.0427. The van der Waals surface area contributed by atoms with E-state index in [0.29, 0.717) is 5.95 Å². The molecule has 1 aromatic heterocycles. The standard InChI is InChI=1S/C13H21N3O2/c1-4-5-6-9-16(10(2)3)13-14-8-7-11(15-13)12(17)18/h7-8,10H,4-6,9H2,1-3H3,(H,17,18). The number of hydrogen-bond donors (Lipinski definition) is 1. The summed E-state index contributed by atoms with van der Waals surface area (Å²) in [6.45, 7) is 7.13. The van der Waals surface area contributed by atoms with E-state index in [0.717, 1.165) is 25.8 Å². The summed E-state index contributed by atoms with van der Waals surface area (Å²) in [7, 11) is 0. The van der Waals surface area contributed by atoms with Gasteiger partial charge in [-0.1, -0.05) is 19.8 Å². The molecule has 0 aliphatic heterocycles. The van der Waals surface area contributed by atoms with Crippen LogP contribution in [-0.2, 0) is 0 Å². The average molecular weight is 251 g/mol. The molecule has 1 rings (SSSR count). The summed E-state index contributed by atoms with van der Waals surface area (Å²) in [5.41, 5.74) is 0.0427. The Kier molecular flexibility index (Phi) is 5.55. The molecule has 0 aromatic carbocycles. The van der Waals surface area contributed by atoms with Gasteiger partial charge in [-0.05, 0) is 26.3 Å². The first-order valence-electron chi connectivity index (χ1n) is 6.39. The molecular formula is C13H21N3O2. The first-order valence-corrected chi connectivity index (χ1v) is 6.39. The largest absolute Gasteiger partial charge is 0.477 e. The van der Waals surface area contributed by atoms with Gasteiger partial charge in [0, 0.05) is 18.8 Å². The highest BCUT2D eigenvalue weighted by atomic mass is 16.4. The molecule has 0 saturated carbocycles. The van der Waals surface area contributed by atoms with E-state index in [2.05, 4.69) is 30.7 Å². The quantitative estimate of drug-likeness (QED) is 0.754. The Morgan fingerprint density at radius 2 is 2.17 bits per heavy atom. The van der Waals surface area contributed by atoms with E-state index in [1.54, 1.807) is 0 Å². The van der Waals surface area contributed by atoms with Gasteiger partial charge in [0.15, 0.2) is 5.69 Å². The number of unbranched alkanes of at least 4 members (excludes halogenated alkanes) is 2. The van der Waals surface area contributed by atoms with Gasteiger partial charge >= 0.3 is 5.97 Å². The van der Waals surface area contributed by atoms with Gasteiger partial charge in [-0.25, -0.2) is 14.8 Å². The third-order valence-electron chi connectivity index (χ3n) is 2.74. The zero-order chi connectivity index (χ0) is 13.5. The molecule has 0 aliphatic rings. The third-order valence-corrected chi connectivity index (χ3v) is 2.74. The fraction of sp³-hybridized carbons (Fsp3) is 0.615. The van der Waals surface area contributed by atoms with Crippen LogP contribution in [0.1, 0.15) is 50.5 Å². The predicted molar refractivity (Wildman–Crippen MR) is 71.0 cm³/mol. The summed E-state index contributed by atoms with van der Waals surface area (Å²) in [5.74, 6) is -0.517. The van der Waals surface area contributed by atoms with Gasteiger partial charge < -0.3 is 10.0 Å². The molecule has 1 N–H and O–H groups in total. The molecule has 18 heavy (non-hydrogen) atoms. The number of nitrogens with zero attached hydrogens (tertiary/aromatic N) is 3. The Morgan fingerprint density at radius 1 is 1.44 bits per heavy atom. The van der Waals surface area contributed by atoms with Crippen molar-refractivity contribution in [3.05, 3.63) is 18.0 Å². The predicted octanol–water partition coefficient (Wildman–Crippen LogP) is 2.58. The molecule has 0 spiro atoms. The van der Waals surface area contributed by atoms with Gasteiger partial charge in [0.05, 0.1) is 0 Å². The maximum absolute atomic E-state index is 10.9. The minimum Gasteiger partial charge on any atom is -0.477 e. The number of aromatic carboxylic acids is 1. The molecule has 100 valence electrons. The molecule has 1 heterocycles. The topological polar surface area (TPSA) is 66.3 Å². The number of anilines is 1. The van der Waals surface area contributed by atoms with Crippen molar-refractivity contribution >= 4 is 11.9 Å². The Labute approximate surface area is 108 Å². The van der Waals surface area contributed by atoms with Gasteiger partial charge in [0.25, 0.3) is 0 Å². The van der Waals surface area contributed by atoms with E-state index in [1.165, 1.54) is 12.3 Å². The molecular weight excluding hydrogens is 230 g/mol. The van der Waals surface area contributed by atoms with Crippen molar-refractivity contribution in [3.63, 3.8) is 0 Å². The van der Waals surface area contributed by atoms with Gasteiger partial charge in [-0.15, -0.1) is 0 Å². The summed E-state index contributed by atoms with van der Waals surface area (Å²) in [5, 5.41) is 8.93. The molecule has 5 heteroatoms. The van der Waals surface area contributed by atoms with Crippen LogP contribution in [0, 0.1) is 0 Å². The van der Waals surface area contributed by atoms with E-state index >= 15 is 0 Å². The van der Waals surface area contributed by atoms with Crippen molar-refractivity contribution in [2.24, 2.45) is 0 Å². The van der Waals surface area contributed by atoms with Gasteiger partial charge in [-0.3, -0.25) is 0 Å².